The SMILES string of the molecule is CC/C(=C\c1cc(I)c(O)c(OC)c1)CC[C@H]1OC[C@H]2C1=C(CO[Si](c1ccccc1)(c1ccccc1)C(C)(C)C)C[C@H]1C(=O)N(c3ccccc3)C(=O)[C@H]12. The number of ether oxygens (including phenoxy) is 2. The molecule has 2 saturated heterocycles. The van der Waals surface area contributed by atoms with Crippen LogP contribution in [0.25, 0.3) is 6.08 Å². The highest BCUT2D eigenvalue weighted by atomic mass is 127. The molecule has 7 nitrogen and oxygen atoms in total. The third kappa shape index (κ3) is 7.36. The van der Waals surface area contributed by atoms with E-state index in [9.17, 15) is 14.7 Å². The first-order valence-corrected chi connectivity index (χ1v) is 22.2. The molecule has 2 heterocycles. The molecule has 286 valence electrons. The Hall–Kier alpha value is -4.03. The highest BCUT2D eigenvalue weighted by molar-refractivity contribution is 14.1. The van der Waals surface area contributed by atoms with Crippen molar-refractivity contribution in [2.75, 3.05) is 25.2 Å². The molecule has 0 bridgehead atoms. The molecule has 1 N–H and O–H groups in total. The van der Waals surface area contributed by atoms with Gasteiger partial charge in [-0.1, -0.05) is 118 Å². The van der Waals surface area contributed by atoms with Gasteiger partial charge in [0, 0.05) is 5.92 Å². The first kappa shape index (κ1) is 39.2. The van der Waals surface area contributed by atoms with E-state index in [2.05, 4.69) is 105 Å². The van der Waals surface area contributed by atoms with Crippen molar-refractivity contribution in [1.82, 2.24) is 0 Å². The molecular formula is C46H50INO6Si. The number of methoxy groups -OCH3 is 1. The van der Waals surface area contributed by atoms with Crippen LogP contribution in [-0.4, -0.2) is 51.7 Å². The number of allylic oxidation sites excluding steroid dienone is 1. The average Bonchev–Trinajstić information content (AvgIpc) is 3.72. The number of anilines is 1. The normalized spacial score (nSPS) is 21.6. The minimum atomic E-state index is -2.91. The van der Waals surface area contributed by atoms with Gasteiger partial charge in [0.25, 0.3) is 8.32 Å². The quantitative estimate of drug-likeness (QED) is 0.0665. The predicted molar refractivity (Wildman–Crippen MR) is 229 cm³/mol. The van der Waals surface area contributed by atoms with Crippen LogP contribution < -0.4 is 20.0 Å². The summed E-state index contributed by atoms with van der Waals surface area (Å²) in [5.41, 5.74) is 5.07. The second-order valence-electron chi connectivity index (χ2n) is 15.9. The summed E-state index contributed by atoms with van der Waals surface area (Å²) < 4.78 is 20.4. The van der Waals surface area contributed by atoms with Gasteiger partial charge in [-0.05, 0) is 105 Å². The van der Waals surface area contributed by atoms with E-state index in [1.54, 1.807) is 7.11 Å². The number of benzene rings is 4. The van der Waals surface area contributed by atoms with E-state index >= 15 is 0 Å². The Kier molecular flexibility index (Phi) is 11.6. The van der Waals surface area contributed by atoms with Crippen molar-refractivity contribution in [2.24, 2.45) is 17.8 Å². The summed E-state index contributed by atoms with van der Waals surface area (Å²) in [5, 5.41) is 12.6. The molecule has 1 aliphatic carbocycles. The zero-order chi connectivity index (χ0) is 38.9. The van der Waals surface area contributed by atoms with E-state index in [-0.39, 0.29) is 34.6 Å². The van der Waals surface area contributed by atoms with E-state index in [0.717, 1.165) is 39.5 Å². The average molecular weight is 868 g/mol. The lowest BCUT2D eigenvalue weighted by atomic mass is 9.69. The molecule has 0 aromatic heterocycles. The zero-order valence-corrected chi connectivity index (χ0v) is 35.4. The van der Waals surface area contributed by atoms with E-state index in [1.807, 2.05) is 54.6 Å². The van der Waals surface area contributed by atoms with Crippen LogP contribution in [0.5, 0.6) is 11.5 Å². The molecular weight excluding hydrogens is 817 g/mol. The lowest BCUT2D eigenvalue weighted by Crippen LogP contribution is -2.66. The van der Waals surface area contributed by atoms with Crippen molar-refractivity contribution in [3.8, 4) is 11.5 Å². The van der Waals surface area contributed by atoms with Crippen molar-refractivity contribution in [1.29, 1.82) is 0 Å². The summed E-state index contributed by atoms with van der Waals surface area (Å²) in [7, 11) is -1.34. The fourth-order valence-corrected chi connectivity index (χ4v) is 14.3. The fraction of sp³-hybridized carbons (Fsp3) is 0.348. The molecule has 7 rings (SSSR count). The van der Waals surface area contributed by atoms with E-state index in [4.69, 9.17) is 13.9 Å². The smallest absolute Gasteiger partial charge is 0.261 e. The molecule has 55 heavy (non-hydrogen) atoms. The Morgan fingerprint density at radius 1 is 0.927 bits per heavy atom. The number of imide groups is 1. The first-order valence-electron chi connectivity index (χ1n) is 19.3. The number of hydrogen-bond donors (Lipinski definition) is 1. The topological polar surface area (TPSA) is 85.3 Å². The number of hydrogen-bond acceptors (Lipinski definition) is 6. The summed E-state index contributed by atoms with van der Waals surface area (Å²) in [6.45, 7) is 9.73. The van der Waals surface area contributed by atoms with Crippen molar-refractivity contribution >= 4 is 64.9 Å². The van der Waals surface area contributed by atoms with E-state index < -0.39 is 20.2 Å². The van der Waals surface area contributed by atoms with Crippen molar-refractivity contribution in [2.45, 2.75) is 64.5 Å². The maximum atomic E-state index is 14.3. The van der Waals surface area contributed by atoms with Crippen LogP contribution in [0.1, 0.15) is 58.9 Å². The number of para-hydroxylation sites is 1. The molecule has 2 aliphatic heterocycles. The van der Waals surface area contributed by atoms with Gasteiger partial charge in [-0.3, -0.25) is 14.5 Å². The van der Waals surface area contributed by atoms with Gasteiger partial charge >= 0.3 is 0 Å². The lowest BCUT2D eigenvalue weighted by molar-refractivity contribution is -0.122. The van der Waals surface area contributed by atoms with Crippen molar-refractivity contribution in [3.63, 3.8) is 0 Å². The highest BCUT2D eigenvalue weighted by Gasteiger charge is 2.58. The molecule has 4 aromatic rings. The minimum Gasteiger partial charge on any atom is -0.504 e. The third-order valence-electron chi connectivity index (χ3n) is 11.7. The number of carbonyl (C=O) groups is 2. The van der Waals surface area contributed by atoms with Crippen LogP contribution in [0.4, 0.5) is 5.69 Å². The summed E-state index contributed by atoms with van der Waals surface area (Å²) in [4.78, 5) is 30.0. The lowest BCUT2D eigenvalue weighted by Gasteiger charge is -2.44. The van der Waals surface area contributed by atoms with Gasteiger partial charge < -0.3 is 19.0 Å². The number of rotatable bonds is 12. The highest BCUT2D eigenvalue weighted by Crippen LogP contribution is 2.51. The number of aromatic hydroxyl groups is 1. The monoisotopic (exact) mass is 867 g/mol. The molecule has 3 aliphatic rings. The van der Waals surface area contributed by atoms with E-state index in [0.29, 0.717) is 31.1 Å². The van der Waals surface area contributed by atoms with Crippen LogP contribution in [0.2, 0.25) is 5.04 Å². The van der Waals surface area contributed by atoms with Crippen LogP contribution in [0.3, 0.4) is 0 Å². The largest absolute Gasteiger partial charge is 0.504 e. The first-order chi connectivity index (χ1) is 26.5. The summed E-state index contributed by atoms with van der Waals surface area (Å²) in [6, 6.07) is 34.4. The predicted octanol–water partition coefficient (Wildman–Crippen LogP) is 8.68. The van der Waals surface area contributed by atoms with Gasteiger partial charge in [0.1, 0.15) is 0 Å². The van der Waals surface area contributed by atoms with Crippen molar-refractivity contribution < 1.29 is 28.6 Å². The van der Waals surface area contributed by atoms with Gasteiger partial charge in [-0.25, -0.2) is 0 Å². The molecule has 0 radical (unpaired) electrons. The Morgan fingerprint density at radius 2 is 1.55 bits per heavy atom. The summed E-state index contributed by atoms with van der Waals surface area (Å²) in [6.07, 6.45) is 4.81. The zero-order valence-electron chi connectivity index (χ0n) is 32.3. The van der Waals surface area contributed by atoms with Crippen LogP contribution >= 0.6 is 22.6 Å². The number of phenols is 1. The molecule has 0 spiro atoms. The molecule has 2 fully saturated rings. The summed E-state index contributed by atoms with van der Waals surface area (Å²) in [5.74, 6) is -0.833. The molecule has 2 amide bonds. The number of phenolic OH excluding ortho intramolecular Hbond substituents is 1. The number of nitrogens with zero attached hydrogens (tertiary/aromatic N) is 1. The molecule has 0 saturated carbocycles. The standard InChI is InChI=1S/C46H50INO6Si/c1-6-30(24-31-25-38(47)43(49)40(26-31)52-5)22-23-39-41-32(27-36-42(37(41)29-53-39)45(51)48(44(36)50)33-16-10-7-11-17-33)28-54-55(46(2,3)4,34-18-12-8-13-19-34)35-20-14-9-15-21-35/h7-21,24-26,36-37,39,42,49H,6,22-23,27-29H2,1-5H3/b30-24+/t36-,37+,39-,42-/m1/s1. The number of fused-ring (bicyclic) bond motifs is 3. The Morgan fingerprint density at radius 3 is 2.13 bits per heavy atom. The van der Waals surface area contributed by atoms with Crippen LogP contribution in [0, 0.1) is 21.3 Å². The maximum Gasteiger partial charge on any atom is 0.261 e. The summed E-state index contributed by atoms with van der Waals surface area (Å²) >= 11 is 2.13. The van der Waals surface area contributed by atoms with Gasteiger partial charge in [0.2, 0.25) is 11.8 Å². The van der Waals surface area contributed by atoms with Crippen LogP contribution in [-0.2, 0) is 18.8 Å². The van der Waals surface area contributed by atoms with Gasteiger partial charge in [-0.2, -0.15) is 0 Å². The maximum absolute atomic E-state index is 14.3. The second kappa shape index (κ2) is 16.2. The van der Waals surface area contributed by atoms with Crippen molar-refractivity contribution in [3.05, 3.63) is 129 Å². The molecule has 4 atom stereocenters. The number of halogens is 1. The number of carbonyl (C=O) groups excluding carboxylic acids is 2. The Labute approximate surface area is 339 Å². The van der Waals surface area contributed by atoms with Gasteiger partial charge in [-0.15, -0.1) is 0 Å². The minimum absolute atomic E-state index is 0.134. The number of amides is 2. The molecule has 9 heteroatoms. The van der Waals surface area contributed by atoms with Gasteiger partial charge in [0.05, 0.1) is 47.5 Å². The Bertz CT molecular complexity index is 2060. The van der Waals surface area contributed by atoms with Gasteiger partial charge in [0.15, 0.2) is 11.5 Å². The molecule has 4 aromatic carbocycles. The third-order valence-corrected chi connectivity index (χ3v) is 17.5. The Balaban J connectivity index is 1.27. The second-order valence-corrected chi connectivity index (χ2v) is 21.3. The fourth-order valence-electron chi connectivity index (χ4n) is 9.13. The van der Waals surface area contributed by atoms with Crippen LogP contribution in [0.15, 0.2) is 120 Å². The van der Waals surface area contributed by atoms with E-state index in [1.165, 1.54) is 20.8 Å². The molecule has 0 unspecified atom stereocenters.